The standard InChI is InChI=1S/C19H24N3OPS2/c1-21(2)15-9-10-17-16(14-15)20-19(18-8-7-13-26-18)23-24(17,25)22-11-5-3-4-6-12-22/h7-10,13-14H,3-6,11-12H2,1-2H3/t24-/m1/s1. The lowest BCUT2D eigenvalue weighted by atomic mass is 10.2. The van der Waals surface area contributed by atoms with Gasteiger partial charge in [-0.25, -0.2) is 9.66 Å². The third-order valence-electron chi connectivity index (χ3n) is 4.90. The Labute approximate surface area is 164 Å². The van der Waals surface area contributed by atoms with Crippen LogP contribution in [0.3, 0.4) is 0 Å². The van der Waals surface area contributed by atoms with E-state index in [9.17, 15) is 0 Å². The number of nitrogens with zero attached hydrogens (tertiary/aromatic N) is 3. The minimum Gasteiger partial charge on any atom is -0.430 e. The van der Waals surface area contributed by atoms with E-state index < -0.39 is 6.42 Å². The predicted octanol–water partition coefficient (Wildman–Crippen LogP) is 4.73. The van der Waals surface area contributed by atoms with E-state index in [2.05, 4.69) is 53.3 Å². The fourth-order valence-electron chi connectivity index (χ4n) is 3.44. The monoisotopic (exact) mass is 405 g/mol. The summed E-state index contributed by atoms with van der Waals surface area (Å²) in [4.78, 5) is 8.01. The molecule has 7 heteroatoms. The molecule has 1 aromatic heterocycles. The van der Waals surface area contributed by atoms with Gasteiger partial charge >= 0.3 is 0 Å². The van der Waals surface area contributed by atoms with Crippen molar-refractivity contribution in [2.24, 2.45) is 4.99 Å². The van der Waals surface area contributed by atoms with Gasteiger partial charge in [-0.3, -0.25) is 0 Å². The summed E-state index contributed by atoms with van der Waals surface area (Å²) in [6.07, 6.45) is 2.62. The number of benzene rings is 1. The summed E-state index contributed by atoms with van der Waals surface area (Å²) >= 11 is 7.93. The number of thiophene rings is 1. The van der Waals surface area contributed by atoms with Crippen molar-refractivity contribution >= 4 is 52.1 Å². The second-order valence-corrected chi connectivity index (χ2v) is 11.6. The average molecular weight is 406 g/mol. The van der Waals surface area contributed by atoms with E-state index in [1.54, 1.807) is 11.3 Å². The van der Waals surface area contributed by atoms with E-state index >= 15 is 0 Å². The van der Waals surface area contributed by atoms with Crippen molar-refractivity contribution in [3.05, 3.63) is 40.6 Å². The molecule has 0 spiro atoms. The highest BCUT2D eigenvalue weighted by Gasteiger charge is 2.37. The number of anilines is 1. The molecule has 3 heterocycles. The Morgan fingerprint density at radius 1 is 1.15 bits per heavy atom. The van der Waals surface area contributed by atoms with Crippen LogP contribution < -0.4 is 10.2 Å². The van der Waals surface area contributed by atoms with Crippen LogP contribution in [-0.2, 0) is 16.3 Å². The van der Waals surface area contributed by atoms with Crippen molar-refractivity contribution in [1.29, 1.82) is 0 Å². The Balaban J connectivity index is 1.83. The van der Waals surface area contributed by atoms with Crippen LogP contribution in [0.1, 0.15) is 30.6 Å². The number of aliphatic imine (C=N–C) groups is 1. The van der Waals surface area contributed by atoms with Crippen LogP contribution in [0.5, 0.6) is 0 Å². The summed E-state index contributed by atoms with van der Waals surface area (Å²) in [5, 5.41) is 3.16. The summed E-state index contributed by atoms with van der Waals surface area (Å²) < 4.78 is 8.98. The largest absolute Gasteiger partial charge is 0.430 e. The van der Waals surface area contributed by atoms with E-state index in [0.29, 0.717) is 5.90 Å². The van der Waals surface area contributed by atoms with Gasteiger partial charge in [0.1, 0.15) is 0 Å². The first-order chi connectivity index (χ1) is 12.6. The molecular formula is C19H24N3OPS2. The van der Waals surface area contributed by atoms with Gasteiger partial charge in [0.2, 0.25) is 12.3 Å². The third-order valence-corrected chi connectivity index (χ3v) is 9.82. The molecule has 4 nitrogen and oxygen atoms in total. The molecule has 2 aromatic rings. The van der Waals surface area contributed by atoms with Gasteiger partial charge in [0.25, 0.3) is 0 Å². The minimum absolute atomic E-state index is 0.691. The number of fused-ring (bicyclic) bond motifs is 1. The fourth-order valence-corrected chi connectivity index (χ4v) is 7.69. The molecule has 1 saturated heterocycles. The maximum Gasteiger partial charge on any atom is 0.236 e. The Morgan fingerprint density at radius 2 is 1.92 bits per heavy atom. The zero-order chi connectivity index (χ0) is 18.1. The van der Waals surface area contributed by atoms with Crippen LogP contribution in [-0.4, -0.2) is 37.8 Å². The molecule has 0 aliphatic carbocycles. The van der Waals surface area contributed by atoms with Crippen molar-refractivity contribution in [2.45, 2.75) is 25.7 Å². The van der Waals surface area contributed by atoms with Gasteiger partial charge in [-0.2, -0.15) is 0 Å². The molecule has 0 radical (unpaired) electrons. The number of hydrogen-bond donors (Lipinski definition) is 0. The lowest BCUT2D eigenvalue weighted by Crippen LogP contribution is -2.32. The first-order valence-corrected chi connectivity index (χ1v) is 12.6. The summed E-state index contributed by atoms with van der Waals surface area (Å²) in [6.45, 7) is 2.04. The minimum atomic E-state index is -2.33. The Hall–Kier alpha value is -1.20. The maximum absolute atomic E-state index is 6.54. The molecule has 138 valence electrons. The van der Waals surface area contributed by atoms with Gasteiger partial charge in [0, 0.05) is 32.9 Å². The van der Waals surface area contributed by atoms with Crippen molar-refractivity contribution in [2.75, 3.05) is 32.1 Å². The summed E-state index contributed by atoms with van der Waals surface area (Å²) in [5.41, 5.74) is 2.11. The maximum atomic E-state index is 6.54. The van der Waals surface area contributed by atoms with Gasteiger partial charge in [-0.15, -0.1) is 11.3 Å². The second-order valence-electron chi connectivity index (χ2n) is 6.94. The molecule has 4 rings (SSSR count). The number of rotatable bonds is 3. The van der Waals surface area contributed by atoms with Crippen molar-refractivity contribution in [1.82, 2.24) is 4.67 Å². The Kier molecular flexibility index (Phi) is 5.20. The molecule has 0 saturated carbocycles. The highest BCUT2D eigenvalue weighted by molar-refractivity contribution is 8.15. The van der Waals surface area contributed by atoms with Crippen molar-refractivity contribution in [3.63, 3.8) is 0 Å². The SMILES string of the molecule is CN(C)c1ccc2c(c1)N=C(c1cccs1)O[P@]2(=S)N1CCCCCC1. The molecule has 1 fully saturated rings. The van der Waals surface area contributed by atoms with Crippen LogP contribution in [0.4, 0.5) is 11.4 Å². The summed E-state index contributed by atoms with van der Waals surface area (Å²) in [5.74, 6) is 0.691. The zero-order valence-electron chi connectivity index (χ0n) is 15.2. The van der Waals surface area contributed by atoms with Gasteiger partial charge in [0.15, 0.2) is 0 Å². The molecular weight excluding hydrogens is 381 g/mol. The van der Waals surface area contributed by atoms with Gasteiger partial charge < -0.3 is 9.42 Å². The molecule has 0 bridgehead atoms. The molecule has 0 N–H and O–H groups in total. The summed E-state index contributed by atoms with van der Waals surface area (Å²) in [6, 6.07) is 10.5. The molecule has 0 amide bonds. The van der Waals surface area contributed by atoms with E-state index in [4.69, 9.17) is 21.3 Å². The van der Waals surface area contributed by atoms with Crippen LogP contribution in [0.15, 0.2) is 40.7 Å². The third kappa shape index (κ3) is 3.36. The first-order valence-electron chi connectivity index (χ1n) is 9.07. The van der Waals surface area contributed by atoms with Crippen LogP contribution in [0, 0.1) is 0 Å². The molecule has 2 aliphatic heterocycles. The topological polar surface area (TPSA) is 28.1 Å². The molecule has 26 heavy (non-hydrogen) atoms. The number of hydrogen-bond acceptors (Lipinski definition) is 5. The van der Waals surface area contributed by atoms with E-state index in [-0.39, 0.29) is 0 Å². The van der Waals surface area contributed by atoms with E-state index in [0.717, 1.165) is 34.6 Å². The lowest BCUT2D eigenvalue weighted by Gasteiger charge is -2.37. The van der Waals surface area contributed by atoms with Crippen LogP contribution in [0.25, 0.3) is 0 Å². The van der Waals surface area contributed by atoms with Crippen molar-refractivity contribution in [3.8, 4) is 0 Å². The van der Waals surface area contributed by atoms with Gasteiger partial charge in [-0.05, 0) is 54.3 Å². The highest BCUT2D eigenvalue weighted by Crippen LogP contribution is 2.56. The predicted molar refractivity (Wildman–Crippen MR) is 116 cm³/mol. The smallest absolute Gasteiger partial charge is 0.236 e. The zero-order valence-corrected chi connectivity index (χ0v) is 17.7. The van der Waals surface area contributed by atoms with Crippen LogP contribution >= 0.6 is 17.8 Å². The van der Waals surface area contributed by atoms with Crippen molar-refractivity contribution < 1.29 is 4.52 Å². The first kappa shape index (κ1) is 18.2. The molecule has 2 aliphatic rings. The fraction of sp³-hybridized carbons (Fsp3) is 0.421. The Morgan fingerprint density at radius 3 is 2.58 bits per heavy atom. The van der Waals surface area contributed by atoms with Gasteiger partial charge in [-0.1, -0.05) is 18.9 Å². The molecule has 1 atom stereocenters. The van der Waals surface area contributed by atoms with Crippen LogP contribution in [0.2, 0.25) is 0 Å². The summed E-state index contributed by atoms with van der Waals surface area (Å²) in [7, 11) is 4.10. The highest BCUT2D eigenvalue weighted by atomic mass is 32.4. The second kappa shape index (κ2) is 7.43. The molecule has 0 unspecified atom stereocenters. The quantitative estimate of drug-likeness (QED) is 0.690. The normalized spacial score (nSPS) is 23.5. The lowest BCUT2D eigenvalue weighted by molar-refractivity contribution is 0.425. The average Bonchev–Trinajstić information content (AvgIpc) is 3.03. The van der Waals surface area contributed by atoms with Gasteiger partial charge in [0.05, 0.1) is 15.9 Å². The molecule has 1 aromatic carbocycles. The Bertz CT molecular complexity index is 856. The van der Waals surface area contributed by atoms with E-state index in [1.807, 2.05) is 6.07 Å². The van der Waals surface area contributed by atoms with E-state index in [1.165, 1.54) is 25.7 Å².